The summed E-state index contributed by atoms with van der Waals surface area (Å²) in [4.78, 5) is 26.5. The van der Waals surface area contributed by atoms with Crippen molar-refractivity contribution in [3.63, 3.8) is 0 Å². The van der Waals surface area contributed by atoms with Crippen LogP contribution in [0.25, 0.3) is 0 Å². The molecule has 0 bridgehead atoms. The molecule has 1 aliphatic rings. The fourth-order valence-corrected chi connectivity index (χ4v) is 3.34. The molecule has 3 aromatic rings. The third-order valence-corrected chi connectivity index (χ3v) is 4.91. The number of ether oxygens (including phenoxy) is 1. The average Bonchev–Trinajstić information content (AvgIpc) is 3.36. The van der Waals surface area contributed by atoms with Crippen LogP contribution in [0.15, 0.2) is 52.9 Å². The summed E-state index contributed by atoms with van der Waals surface area (Å²) in [5, 5.41) is 10.5. The quantitative estimate of drug-likeness (QED) is 0.672. The maximum absolute atomic E-state index is 12.5. The molecule has 0 unspecified atom stereocenters. The normalized spacial score (nSPS) is 16.0. The molecule has 30 heavy (non-hydrogen) atoms. The molecule has 0 radical (unpaired) electrons. The van der Waals surface area contributed by atoms with Gasteiger partial charge in [-0.15, -0.1) is 5.10 Å². The first-order chi connectivity index (χ1) is 14.5. The molecule has 8 heteroatoms. The van der Waals surface area contributed by atoms with Gasteiger partial charge in [0.05, 0.1) is 12.5 Å². The molecule has 8 nitrogen and oxygen atoms in total. The van der Waals surface area contributed by atoms with Crippen LogP contribution in [0.4, 0.5) is 11.7 Å². The number of rotatable bonds is 6. The predicted octanol–water partition coefficient (Wildman–Crippen LogP) is 3.55. The Morgan fingerprint density at radius 2 is 1.90 bits per heavy atom. The lowest BCUT2D eigenvalue weighted by Crippen LogP contribution is -2.24. The molecule has 2 heterocycles. The summed E-state index contributed by atoms with van der Waals surface area (Å²) in [7, 11) is 0. The second kappa shape index (κ2) is 8.36. The summed E-state index contributed by atoms with van der Waals surface area (Å²) in [6.07, 6.45) is 0.265. The Kier molecular flexibility index (Phi) is 5.47. The van der Waals surface area contributed by atoms with Gasteiger partial charge in [0, 0.05) is 24.2 Å². The van der Waals surface area contributed by atoms with Crippen LogP contribution in [0, 0.1) is 6.92 Å². The monoisotopic (exact) mass is 406 g/mol. The minimum Gasteiger partial charge on any atom is -0.494 e. The topological polar surface area (TPSA) is 97.6 Å². The molecule has 1 aromatic heterocycles. The maximum Gasteiger partial charge on any atom is 0.322 e. The smallest absolute Gasteiger partial charge is 0.322 e. The van der Waals surface area contributed by atoms with E-state index in [0.29, 0.717) is 24.6 Å². The zero-order valence-electron chi connectivity index (χ0n) is 16.8. The summed E-state index contributed by atoms with van der Waals surface area (Å²) in [5.74, 6) is 0.504. The van der Waals surface area contributed by atoms with Crippen LogP contribution in [0.5, 0.6) is 5.75 Å². The SMILES string of the molecule is CCOc1ccc(N2C[C@H](c3nnc(NC(=O)c4ccc(C)cc4)o3)CC2=O)cc1. The van der Waals surface area contributed by atoms with Crippen molar-refractivity contribution in [1.29, 1.82) is 0 Å². The highest BCUT2D eigenvalue weighted by Crippen LogP contribution is 2.32. The first-order valence-electron chi connectivity index (χ1n) is 9.78. The molecule has 2 amide bonds. The molecule has 1 aliphatic heterocycles. The number of hydrogen-bond acceptors (Lipinski definition) is 6. The van der Waals surface area contributed by atoms with Crippen molar-refractivity contribution in [3.8, 4) is 5.75 Å². The van der Waals surface area contributed by atoms with Crippen LogP contribution in [0.3, 0.4) is 0 Å². The second-order valence-electron chi connectivity index (χ2n) is 7.10. The van der Waals surface area contributed by atoms with Gasteiger partial charge in [-0.25, -0.2) is 0 Å². The highest BCUT2D eigenvalue weighted by Gasteiger charge is 2.35. The van der Waals surface area contributed by atoms with Gasteiger partial charge >= 0.3 is 6.01 Å². The standard InChI is InChI=1S/C22H22N4O4/c1-3-29-18-10-8-17(9-11-18)26-13-16(12-19(26)27)21-24-25-22(30-21)23-20(28)15-6-4-14(2)5-7-15/h4-11,16H,3,12-13H2,1-2H3,(H,23,25,28)/t16-/m1/s1. The number of benzene rings is 2. The van der Waals surface area contributed by atoms with Crippen molar-refractivity contribution in [1.82, 2.24) is 10.2 Å². The van der Waals surface area contributed by atoms with E-state index in [9.17, 15) is 9.59 Å². The largest absolute Gasteiger partial charge is 0.494 e. The molecule has 1 N–H and O–H groups in total. The van der Waals surface area contributed by atoms with Crippen LogP contribution in [-0.4, -0.2) is 35.2 Å². The molecular weight excluding hydrogens is 384 g/mol. The highest BCUT2D eigenvalue weighted by molar-refractivity contribution is 6.03. The number of carbonyl (C=O) groups excluding carboxylic acids is 2. The van der Waals surface area contributed by atoms with Crippen molar-refractivity contribution in [3.05, 3.63) is 65.5 Å². The Morgan fingerprint density at radius 3 is 2.60 bits per heavy atom. The van der Waals surface area contributed by atoms with E-state index < -0.39 is 0 Å². The minimum atomic E-state index is -0.330. The van der Waals surface area contributed by atoms with Crippen molar-refractivity contribution in [2.24, 2.45) is 0 Å². The van der Waals surface area contributed by atoms with Gasteiger partial charge in [-0.05, 0) is 50.2 Å². The van der Waals surface area contributed by atoms with Crippen molar-refractivity contribution in [2.45, 2.75) is 26.2 Å². The third-order valence-electron chi connectivity index (χ3n) is 4.91. The molecule has 1 saturated heterocycles. The van der Waals surface area contributed by atoms with E-state index in [2.05, 4.69) is 15.5 Å². The summed E-state index contributed by atoms with van der Waals surface area (Å²) >= 11 is 0. The summed E-state index contributed by atoms with van der Waals surface area (Å²) in [5.41, 5.74) is 2.35. The fourth-order valence-electron chi connectivity index (χ4n) is 3.34. The molecule has 154 valence electrons. The van der Waals surface area contributed by atoms with E-state index in [-0.39, 0.29) is 30.2 Å². The van der Waals surface area contributed by atoms with Crippen LogP contribution in [0.1, 0.15) is 41.1 Å². The van der Waals surface area contributed by atoms with Gasteiger partial charge in [-0.2, -0.15) is 0 Å². The van der Waals surface area contributed by atoms with Crippen LogP contribution in [0.2, 0.25) is 0 Å². The molecular formula is C22H22N4O4. The van der Waals surface area contributed by atoms with E-state index >= 15 is 0 Å². The Bertz CT molecular complexity index is 1040. The Hall–Kier alpha value is -3.68. The van der Waals surface area contributed by atoms with Gasteiger partial charge in [0.2, 0.25) is 11.8 Å². The summed E-state index contributed by atoms with van der Waals surface area (Å²) < 4.78 is 11.1. The molecule has 0 spiro atoms. The number of anilines is 2. The van der Waals surface area contributed by atoms with Gasteiger partial charge in [0.25, 0.3) is 5.91 Å². The maximum atomic E-state index is 12.5. The second-order valence-corrected chi connectivity index (χ2v) is 7.10. The van der Waals surface area contributed by atoms with Crippen LogP contribution in [-0.2, 0) is 4.79 Å². The zero-order chi connectivity index (χ0) is 21.1. The first kappa shape index (κ1) is 19.6. The van der Waals surface area contributed by atoms with E-state index in [1.165, 1.54) is 0 Å². The minimum absolute atomic E-state index is 0.0162. The number of nitrogens with one attached hydrogen (secondary N) is 1. The van der Waals surface area contributed by atoms with Crippen LogP contribution < -0.4 is 15.0 Å². The van der Waals surface area contributed by atoms with E-state index in [1.54, 1.807) is 17.0 Å². The number of nitrogens with zero attached hydrogens (tertiary/aromatic N) is 3. The lowest BCUT2D eigenvalue weighted by molar-refractivity contribution is -0.117. The van der Waals surface area contributed by atoms with Crippen molar-refractivity contribution in [2.75, 3.05) is 23.4 Å². The Morgan fingerprint density at radius 1 is 1.17 bits per heavy atom. The number of hydrogen-bond donors (Lipinski definition) is 1. The molecule has 0 saturated carbocycles. The number of aryl methyl sites for hydroxylation is 1. The number of aromatic nitrogens is 2. The van der Waals surface area contributed by atoms with Gasteiger partial charge in [0.15, 0.2) is 0 Å². The Labute approximate surface area is 173 Å². The van der Waals surface area contributed by atoms with E-state index in [4.69, 9.17) is 9.15 Å². The van der Waals surface area contributed by atoms with Crippen LogP contribution >= 0.6 is 0 Å². The number of carbonyl (C=O) groups is 2. The van der Waals surface area contributed by atoms with E-state index in [0.717, 1.165) is 17.0 Å². The van der Waals surface area contributed by atoms with Crippen molar-refractivity contribution >= 4 is 23.5 Å². The molecule has 0 aliphatic carbocycles. The van der Waals surface area contributed by atoms with Crippen molar-refractivity contribution < 1.29 is 18.7 Å². The Balaban J connectivity index is 1.41. The zero-order valence-corrected chi connectivity index (χ0v) is 16.8. The van der Waals surface area contributed by atoms with Gasteiger partial charge < -0.3 is 14.1 Å². The molecule has 1 atom stereocenters. The lowest BCUT2D eigenvalue weighted by Gasteiger charge is -2.16. The fraction of sp³-hybridized carbons (Fsp3) is 0.273. The molecule has 1 fully saturated rings. The lowest BCUT2D eigenvalue weighted by atomic mass is 10.1. The summed E-state index contributed by atoms with van der Waals surface area (Å²) in [6, 6.07) is 14.6. The summed E-state index contributed by atoms with van der Waals surface area (Å²) in [6.45, 7) is 4.89. The average molecular weight is 406 g/mol. The first-order valence-corrected chi connectivity index (χ1v) is 9.78. The predicted molar refractivity (Wildman–Crippen MR) is 111 cm³/mol. The van der Waals surface area contributed by atoms with Gasteiger partial charge in [0.1, 0.15) is 5.75 Å². The third kappa shape index (κ3) is 4.17. The van der Waals surface area contributed by atoms with E-state index in [1.807, 2.05) is 50.2 Å². The van der Waals surface area contributed by atoms with Gasteiger partial charge in [-0.1, -0.05) is 22.8 Å². The number of amides is 2. The molecule has 4 rings (SSSR count). The molecule has 2 aromatic carbocycles. The highest BCUT2D eigenvalue weighted by atomic mass is 16.5. The van der Waals surface area contributed by atoms with Gasteiger partial charge in [-0.3, -0.25) is 14.9 Å².